The summed E-state index contributed by atoms with van der Waals surface area (Å²) in [5.74, 6) is 0.914. The molecule has 0 saturated carbocycles. The number of benzene rings is 2. The standard InChI is InChI=1S/C21H23N5O2S.ClH/c1-15(13-22-11-9-21-24-19-4-2-3-5-20(19)25-21)26-29(27,28)18-7-6-17-14-23-10-8-16(17)12-18;/h2-8,10,12,14-15,22,26H,9,11,13H2,1H3,(H,24,25);1H. The summed E-state index contributed by atoms with van der Waals surface area (Å²) in [5, 5.41) is 5.04. The molecule has 4 rings (SSSR count). The minimum absolute atomic E-state index is 0. The molecule has 9 heteroatoms. The Labute approximate surface area is 181 Å². The summed E-state index contributed by atoms with van der Waals surface area (Å²) in [5.41, 5.74) is 1.98. The van der Waals surface area contributed by atoms with Crippen molar-refractivity contribution in [3.05, 3.63) is 66.7 Å². The monoisotopic (exact) mass is 445 g/mol. The van der Waals surface area contributed by atoms with Crippen LogP contribution in [0.25, 0.3) is 21.8 Å². The molecule has 0 saturated heterocycles. The normalized spacial score (nSPS) is 12.7. The predicted molar refractivity (Wildman–Crippen MR) is 121 cm³/mol. The molecule has 0 bridgehead atoms. The second-order valence-corrected chi connectivity index (χ2v) is 8.78. The van der Waals surface area contributed by atoms with E-state index in [9.17, 15) is 8.42 Å². The van der Waals surface area contributed by atoms with Crippen LogP contribution >= 0.6 is 12.4 Å². The molecule has 1 unspecified atom stereocenters. The largest absolute Gasteiger partial charge is 0.342 e. The fourth-order valence-electron chi connectivity index (χ4n) is 3.25. The predicted octanol–water partition coefficient (Wildman–Crippen LogP) is 3.03. The number of nitrogens with zero attached hydrogens (tertiary/aromatic N) is 2. The Bertz CT molecular complexity index is 1210. The highest BCUT2D eigenvalue weighted by Gasteiger charge is 2.17. The van der Waals surface area contributed by atoms with Gasteiger partial charge in [-0.1, -0.05) is 18.2 Å². The van der Waals surface area contributed by atoms with Gasteiger partial charge in [-0.25, -0.2) is 18.1 Å². The van der Waals surface area contributed by atoms with Crippen LogP contribution in [0.3, 0.4) is 0 Å². The molecular formula is C21H24ClN5O2S. The van der Waals surface area contributed by atoms with Gasteiger partial charge in [-0.15, -0.1) is 12.4 Å². The van der Waals surface area contributed by atoms with Gasteiger partial charge in [0.05, 0.1) is 15.9 Å². The minimum Gasteiger partial charge on any atom is -0.342 e. The fraction of sp³-hybridized carbons (Fsp3) is 0.238. The van der Waals surface area contributed by atoms with Crippen molar-refractivity contribution < 1.29 is 8.42 Å². The first kappa shape index (κ1) is 22.2. The van der Waals surface area contributed by atoms with Crippen molar-refractivity contribution in [1.29, 1.82) is 0 Å². The van der Waals surface area contributed by atoms with E-state index in [1.165, 1.54) is 0 Å². The van der Waals surface area contributed by atoms with E-state index >= 15 is 0 Å². The van der Waals surface area contributed by atoms with E-state index in [0.29, 0.717) is 13.1 Å². The van der Waals surface area contributed by atoms with Crippen molar-refractivity contribution in [2.75, 3.05) is 13.1 Å². The zero-order chi connectivity index (χ0) is 20.3. The summed E-state index contributed by atoms with van der Waals surface area (Å²) in [6.07, 6.45) is 4.11. The van der Waals surface area contributed by atoms with Crippen LogP contribution in [0.4, 0.5) is 0 Å². The fourth-order valence-corrected chi connectivity index (χ4v) is 4.53. The topological polar surface area (TPSA) is 99.8 Å². The third-order valence-electron chi connectivity index (χ3n) is 4.71. The lowest BCUT2D eigenvalue weighted by molar-refractivity contribution is 0.536. The molecule has 0 spiro atoms. The van der Waals surface area contributed by atoms with E-state index in [1.807, 2.05) is 31.2 Å². The Hall–Kier alpha value is -2.52. The number of H-pyrrole nitrogens is 1. The van der Waals surface area contributed by atoms with Crippen LogP contribution in [0.2, 0.25) is 0 Å². The summed E-state index contributed by atoms with van der Waals surface area (Å²) in [4.78, 5) is 12.1. The van der Waals surface area contributed by atoms with E-state index in [1.54, 1.807) is 36.7 Å². The zero-order valence-corrected chi connectivity index (χ0v) is 18.1. The van der Waals surface area contributed by atoms with Gasteiger partial charge in [0, 0.05) is 43.3 Å². The Morgan fingerprint density at radius 2 is 1.93 bits per heavy atom. The van der Waals surface area contributed by atoms with E-state index in [4.69, 9.17) is 0 Å². The molecule has 158 valence electrons. The van der Waals surface area contributed by atoms with Gasteiger partial charge in [0.1, 0.15) is 5.82 Å². The Kier molecular flexibility index (Phi) is 7.04. The number of fused-ring (bicyclic) bond motifs is 2. The summed E-state index contributed by atoms with van der Waals surface area (Å²) in [6.45, 7) is 3.07. The summed E-state index contributed by atoms with van der Waals surface area (Å²) >= 11 is 0. The van der Waals surface area contributed by atoms with Crippen molar-refractivity contribution in [2.24, 2.45) is 0 Å². The van der Waals surface area contributed by atoms with E-state index < -0.39 is 10.0 Å². The second kappa shape index (κ2) is 9.53. The van der Waals surface area contributed by atoms with Crippen LogP contribution in [0.15, 0.2) is 65.8 Å². The molecule has 30 heavy (non-hydrogen) atoms. The summed E-state index contributed by atoms with van der Waals surface area (Å²) in [7, 11) is -3.59. The molecule has 0 fully saturated rings. The number of nitrogens with one attached hydrogen (secondary N) is 3. The Balaban J connectivity index is 0.00000256. The van der Waals surface area contributed by atoms with Gasteiger partial charge in [0.15, 0.2) is 0 Å². The van der Waals surface area contributed by atoms with Crippen molar-refractivity contribution in [3.63, 3.8) is 0 Å². The maximum Gasteiger partial charge on any atom is 0.240 e. The lowest BCUT2D eigenvalue weighted by Gasteiger charge is -2.15. The van der Waals surface area contributed by atoms with Crippen LogP contribution in [0.5, 0.6) is 0 Å². The maximum absolute atomic E-state index is 12.7. The van der Waals surface area contributed by atoms with E-state index in [2.05, 4.69) is 25.0 Å². The van der Waals surface area contributed by atoms with Crippen molar-refractivity contribution in [1.82, 2.24) is 25.0 Å². The lowest BCUT2D eigenvalue weighted by Crippen LogP contribution is -2.40. The highest BCUT2D eigenvalue weighted by molar-refractivity contribution is 7.89. The smallest absolute Gasteiger partial charge is 0.240 e. The van der Waals surface area contributed by atoms with Crippen LogP contribution in [-0.2, 0) is 16.4 Å². The molecule has 0 aliphatic heterocycles. The first-order valence-corrected chi connectivity index (χ1v) is 11.0. The van der Waals surface area contributed by atoms with E-state index in [0.717, 1.165) is 34.1 Å². The molecule has 0 radical (unpaired) electrons. The number of rotatable bonds is 8. The van der Waals surface area contributed by atoms with Gasteiger partial charge in [-0.05, 0) is 42.6 Å². The first-order valence-electron chi connectivity index (χ1n) is 9.52. The number of sulfonamides is 1. The quantitative estimate of drug-likeness (QED) is 0.362. The average Bonchev–Trinajstić information content (AvgIpc) is 3.13. The van der Waals surface area contributed by atoms with Gasteiger partial charge in [0.25, 0.3) is 0 Å². The van der Waals surface area contributed by atoms with E-state index in [-0.39, 0.29) is 23.3 Å². The molecule has 1 atom stereocenters. The molecule has 0 aliphatic carbocycles. The zero-order valence-electron chi connectivity index (χ0n) is 16.5. The molecule has 2 heterocycles. The van der Waals surface area contributed by atoms with Crippen LogP contribution in [0.1, 0.15) is 12.7 Å². The molecule has 4 aromatic rings. The Morgan fingerprint density at radius 1 is 1.10 bits per heavy atom. The second-order valence-electron chi connectivity index (χ2n) is 7.06. The SMILES string of the molecule is CC(CNCCc1nc2ccccc2[nH]1)NS(=O)(=O)c1ccc2cnccc2c1.Cl. The van der Waals surface area contributed by atoms with Crippen LogP contribution in [-0.4, -0.2) is 42.5 Å². The molecule has 2 aromatic carbocycles. The van der Waals surface area contributed by atoms with Gasteiger partial charge >= 0.3 is 0 Å². The van der Waals surface area contributed by atoms with Gasteiger partial charge < -0.3 is 10.3 Å². The van der Waals surface area contributed by atoms with Gasteiger partial charge in [-0.2, -0.15) is 0 Å². The molecule has 0 aliphatic rings. The van der Waals surface area contributed by atoms with Crippen molar-refractivity contribution in [2.45, 2.75) is 24.3 Å². The van der Waals surface area contributed by atoms with Crippen molar-refractivity contribution >= 4 is 44.2 Å². The third kappa shape index (κ3) is 5.14. The van der Waals surface area contributed by atoms with Gasteiger partial charge in [0.2, 0.25) is 10.0 Å². The van der Waals surface area contributed by atoms with Gasteiger partial charge in [-0.3, -0.25) is 4.98 Å². The highest BCUT2D eigenvalue weighted by Crippen LogP contribution is 2.18. The van der Waals surface area contributed by atoms with Crippen molar-refractivity contribution in [3.8, 4) is 0 Å². The molecule has 7 nitrogen and oxygen atoms in total. The number of pyridine rings is 1. The minimum atomic E-state index is -3.59. The number of hydrogen-bond donors (Lipinski definition) is 3. The summed E-state index contributed by atoms with van der Waals surface area (Å²) < 4.78 is 28.1. The number of para-hydroxylation sites is 2. The third-order valence-corrected chi connectivity index (χ3v) is 6.29. The molecule has 2 aromatic heterocycles. The molecule has 0 amide bonds. The number of imidazole rings is 1. The number of aromatic amines is 1. The number of halogens is 1. The molecule has 3 N–H and O–H groups in total. The highest BCUT2D eigenvalue weighted by atomic mass is 35.5. The lowest BCUT2D eigenvalue weighted by atomic mass is 10.2. The summed E-state index contributed by atoms with van der Waals surface area (Å²) in [6, 6.07) is 14.5. The van der Waals surface area contributed by atoms with Crippen LogP contribution in [0, 0.1) is 0 Å². The molecular weight excluding hydrogens is 422 g/mol. The number of hydrogen-bond acceptors (Lipinski definition) is 5. The Morgan fingerprint density at radius 3 is 2.77 bits per heavy atom. The first-order chi connectivity index (χ1) is 14.0. The average molecular weight is 446 g/mol. The van der Waals surface area contributed by atoms with Crippen LogP contribution < -0.4 is 10.0 Å². The number of aromatic nitrogens is 3. The maximum atomic E-state index is 12.7.